The molecule has 0 fully saturated rings. The average Bonchev–Trinajstić information content (AvgIpc) is 2.24. The van der Waals surface area contributed by atoms with Crippen LogP contribution < -0.4 is 0 Å². The molecule has 0 radical (unpaired) electrons. The number of rotatable bonds is 7. The van der Waals surface area contributed by atoms with Crippen molar-refractivity contribution in [2.24, 2.45) is 0 Å². The summed E-state index contributed by atoms with van der Waals surface area (Å²) in [7, 11) is 0. The Bertz CT molecular complexity index is 233. The minimum atomic E-state index is -0.768. The first-order valence-corrected chi connectivity index (χ1v) is 4.85. The molecule has 4 heteroatoms. The maximum atomic E-state index is 11.4. The summed E-state index contributed by atoms with van der Waals surface area (Å²) in [6.45, 7) is 7.39. The molecule has 0 heterocycles. The van der Waals surface area contributed by atoms with E-state index < -0.39 is 12.1 Å². The minimum Gasteiger partial charge on any atom is -0.464 e. The van der Waals surface area contributed by atoms with E-state index in [0.29, 0.717) is 6.61 Å². The lowest BCUT2D eigenvalue weighted by molar-refractivity contribution is -0.153. The fourth-order valence-electron chi connectivity index (χ4n) is 0.895. The third-order valence-electron chi connectivity index (χ3n) is 1.64. The predicted octanol–water partition coefficient (Wildman–Crippen LogP) is 1.06. The molecule has 0 aromatic carbocycles. The van der Waals surface area contributed by atoms with E-state index in [9.17, 15) is 4.79 Å². The summed E-state index contributed by atoms with van der Waals surface area (Å²) < 4.78 is 9.95. The van der Waals surface area contributed by atoms with E-state index in [4.69, 9.17) is 14.6 Å². The van der Waals surface area contributed by atoms with Gasteiger partial charge in [0.2, 0.25) is 0 Å². The highest BCUT2D eigenvalue weighted by Crippen LogP contribution is 2.03. The molecule has 4 nitrogen and oxygen atoms in total. The molecule has 1 atom stereocenters. The van der Waals surface area contributed by atoms with Crippen LogP contribution >= 0.6 is 0 Å². The van der Waals surface area contributed by atoms with Crippen LogP contribution in [0.3, 0.4) is 0 Å². The van der Waals surface area contributed by atoms with E-state index in [0.717, 1.165) is 5.57 Å². The van der Waals surface area contributed by atoms with Crippen LogP contribution in [0.2, 0.25) is 0 Å². The number of aliphatic hydroxyl groups excluding tert-OH is 1. The largest absolute Gasteiger partial charge is 0.464 e. The Morgan fingerprint density at radius 2 is 2.27 bits per heavy atom. The van der Waals surface area contributed by atoms with Crippen molar-refractivity contribution in [3.05, 3.63) is 24.3 Å². The molecule has 15 heavy (non-hydrogen) atoms. The Morgan fingerprint density at radius 1 is 1.60 bits per heavy atom. The lowest BCUT2D eigenvalue weighted by Crippen LogP contribution is -2.26. The fourth-order valence-corrected chi connectivity index (χ4v) is 0.895. The topological polar surface area (TPSA) is 55.8 Å². The van der Waals surface area contributed by atoms with Crippen LogP contribution in [0.15, 0.2) is 24.3 Å². The van der Waals surface area contributed by atoms with E-state index in [1.54, 1.807) is 19.1 Å². The second kappa shape index (κ2) is 8.20. The molecule has 0 saturated heterocycles. The number of carbonyl (C=O) groups is 1. The van der Waals surface area contributed by atoms with Crippen molar-refractivity contribution in [3.8, 4) is 0 Å². The number of allylic oxidation sites excluding steroid dienone is 2. The second-order valence-electron chi connectivity index (χ2n) is 2.88. The normalized spacial score (nSPS) is 13.4. The summed E-state index contributed by atoms with van der Waals surface area (Å²) in [5.41, 5.74) is 0.825. The first-order valence-electron chi connectivity index (χ1n) is 4.85. The van der Waals surface area contributed by atoms with Crippen LogP contribution in [0.5, 0.6) is 0 Å². The zero-order valence-electron chi connectivity index (χ0n) is 9.23. The van der Waals surface area contributed by atoms with Crippen LogP contribution in [0.1, 0.15) is 13.8 Å². The van der Waals surface area contributed by atoms with Crippen molar-refractivity contribution >= 4 is 5.97 Å². The van der Waals surface area contributed by atoms with Gasteiger partial charge in [-0.3, -0.25) is 0 Å². The lowest BCUT2D eigenvalue weighted by atomic mass is 10.2. The molecule has 0 bridgehead atoms. The van der Waals surface area contributed by atoms with Crippen molar-refractivity contribution in [2.75, 3.05) is 19.8 Å². The molecule has 0 rings (SSSR count). The van der Waals surface area contributed by atoms with Gasteiger partial charge in [0.15, 0.2) is 6.10 Å². The summed E-state index contributed by atoms with van der Waals surface area (Å²) in [6, 6.07) is 0. The van der Waals surface area contributed by atoms with Crippen molar-refractivity contribution in [1.82, 2.24) is 0 Å². The Hall–Kier alpha value is -1.13. The third kappa shape index (κ3) is 6.04. The standard InChI is InChI=1S/C11H18O4/c1-4-9(3)8-10(15-7-6-12)11(13)14-5-2/h4,8,10,12H,1,5-7H2,2-3H3. The van der Waals surface area contributed by atoms with Crippen LogP contribution in [-0.4, -0.2) is 37.0 Å². The highest BCUT2D eigenvalue weighted by atomic mass is 16.6. The Balaban J connectivity index is 4.42. The monoisotopic (exact) mass is 214 g/mol. The van der Waals surface area contributed by atoms with Crippen molar-refractivity contribution in [2.45, 2.75) is 20.0 Å². The van der Waals surface area contributed by atoms with Crippen molar-refractivity contribution in [3.63, 3.8) is 0 Å². The van der Waals surface area contributed by atoms with Gasteiger partial charge in [-0.25, -0.2) is 4.79 Å². The number of ether oxygens (including phenoxy) is 2. The molecule has 0 amide bonds. The molecule has 0 aliphatic heterocycles. The highest BCUT2D eigenvalue weighted by molar-refractivity contribution is 5.77. The van der Waals surface area contributed by atoms with Crippen LogP contribution in [0, 0.1) is 0 Å². The number of hydrogen-bond acceptors (Lipinski definition) is 4. The zero-order chi connectivity index (χ0) is 11.7. The maximum Gasteiger partial charge on any atom is 0.339 e. The van der Waals surface area contributed by atoms with Gasteiger partial charge in [0, 0.05) is 0 Å². The molecule has 1 N–H and O–H groups in total. The zero-order valence-corrected chi connectivity index (χ0v) is 9.23. The molecule has 0 spiro atoms. The summed E-state index contributed by atoms with van der Waals surface area (Å²) >= 11 is 0. The van der Waals surface area contributed by atoms with Gasteiger partial charge in [-0.05, 0) is 19.9 Å². The van der Waals surface area contributed by atoms with Crippen LogP contribution in [-0.2, 0) is 14.3 Å². The van der Waals surface area contributed by atoms with Gasteiger partial charge in [-0.15, -0.1) is 0 Å². The molecule has 86 valence electrons. The summed E-state index contributed by atoms with van der Waals surface area (Å²) in [5, 5.41) is 8.60. The van der Waals surface area contributed by atoms with E-state index in [-0.39, 0.29) is 13.2 Å². The minimum absolute atomic E-state index is 0.102. The molecule has 0 aliphatic carbocycles. The third-order valence-corrected chi connectivity index (χ3v) is 1.64. The first kappa shape index (κ1) is 13.9. The van der Waals surface area contributed by atoms with E-state index >= 15 is 0 Å². The summed E-state index contributed by atoms with van der Waals surface area (Å²) in [5.74, 6) is -0.452. The van der Waals surface area contributed by atoms with Gasteiger partial charge < -0.3 is 14.6 Å². The SMILES string of the molecule is C=CC(C)=CC(OCCO)C(=O)OCC. The Labute approximate surface area is 90.2 Å². The number of hydrogen-bond donors (Lipinski definition) is 1. The van der Waals surface area contributed by atoms with Gasteiger partial charge in [-0.2, -0.15) is 0 Å². The average molecular weight is 214 g/mol. The molecule has 0 aromatic heterocycles. The fraction of sp³-hybridized carbons (Fsp3) is 0.545. The van der Waals surface area contributed by atoms with Crippen molar-refractivity contribution in [1.29, 1.82) is 0 Å². The number of carbonyl (C=O) groups excluding carboxylic acids is 1. The maximum absolute atomic E-state index is 11.4. The molecular weight excluding hydrogens is 196 g/mol. The smallest absolute Gasteiger partial charge is 0.339 e. The van der Waals surface area contributed by atoms with Crippen molar-refractivity contribution < 1.29 is 19.4 Å². The second-order valence-corrected chi connectivity index (χ2v) is 2.88. The van der Waals surface area contributed by atoms with Crippen LogP contribution in [0.25, 0.3) is 0 Å². The van der Waals surface area contributed by atoms with E-state index in [2.05, 4.69) is 6.58 Å². The molecular formula is C11H18O4. The number of aliphatic hydroxyl groups is 1. The van der Waals surface area contributed by atoms with Crippen LogP contribution in [0.4, 0.5) is 0 Å². The molecule has 0 aliphatic rings. The van der Waals surface area contributed by atoms with Gasteiger partial charge in [0.05, 0.1) is 19.8 Å². The summed E-state index contributed by atoms with van der Waals surface area (Å²) in [4.78, 5) is 11.4. The van der Waals surface area contributed by atoms with Gasteiger partial charge in [0.25, 0.3) is 0 Å². The molecule has 1 unspecified atom stereocenters. The van der Waals surface area contributed by atoms with Gasteiger partial charge in [-0.1, -0.05) is 18.2 Å². The lowest BCUT2D eigenvalue weighted by Gasteiger charge is -2.12. The van der Waals surface area contributed by atoms with E-state index in [1.807, 2.05) is 6.92 Å². The highest BCUT2D eigenvalue weighted by Gasteiger charge is 2.17. The first-order chi connectivity index (χ1) is 7.15. The van der Waals surface area contributed by atoms with Gasteiger partial charge in [0.1, 0.15) is 0 Å². The van der Waals surface area contributed by atoms with Gasteiger partial charge >= 0.3 is 5.97 Å². The molecule has 0 aromatic rings. The Kier molecular flexibility index (Phi) is 7.58. The Morgan fingerprint density at radius 3 is 2.73 bits per heavy atom. The van der Waals surface area contributed by atoms with E-state index in [1.165, 1.54) is 0 Å². The summed E-state index contributed by atoms with van der Waals surface area (Å²) in [6.07, 6.45) is 2.46. The molecule has 0 saturated carbocycles. The quantitative estimate of drug-likeness (QED) is 0.508. The predicted molar refractivity (Wildman–Crippen MR) is 57.4 cm³/mol. The number of esters is 1.